The van der Waals surface area contributed by atoms with Crippen LogP contribution >= 0.6 is 0 Å². The summed E-state index contributed by atoms with van der Waals surface area (Å²) in [6.45, 7) is 0.0959. The predicted octanol–water partition coefficient (Wildman–Crippen LogP) is 2.59. The molecular formula is C20H22FNO5. The number of carbonyl (C=O) groups is 2. The van der Waals surface area contributed by atoms with E-state index in [1.54, 1.807) is 24.3 Å². The lowest BCUT2D eigenvalue weighted by molar-refractivity contribution is -0.139. The summed E-state index contributed by atoms with van der Waals surface area (Å²) in [4.78, 5) is 22.4. The molecule has 0 saturated heterocycles. The molecule has 0 bridgehead atoms. The van der Waals surface area contributed by atoms with Gasteiger partial charge in [0.1, 0.15) is 5.75 Å². The van der Waals surface area contributed by atoms with E-state index >= 15 is 0 Å². The molecule has 27 heavy (non-hydrogen) atoms. The van der Waals surface area contributed by atoms with Crippen LogP contribution in [0.2, 0.25) is 0 Å². The molecule has 2 rings (SSSR count). The number of nitrogens with one attached hydrogen (secondary N) is 1. The van der Waals surface area contributed by atoms with Crippen molar-refractivity contribution >= 4 is 11.9 Å². The first-order valence-corrected chi connectivity index (χ1v) is 8.50. The molecule has 7 heteroatoms. The summed E-state index contributed by atoms with van der Waals surface area (Å²) in [5, 5.41) is 11.4. The lowest BCUT2D eigenvalue weighted by atomic mass is 10.1. The first-order valence-electron chi connectivity index (χ1n) is 8.50. The van der Waals surface area contributed by atoms with E-state index in [9.17, 15) is 14.0 Å². The van der Waals surface area contributed by atoms with Crippen molar-refractivity contribution in [3.8, 4) is 11.5 Å². The number of ether oxygens (including phenoxy) is 2. The molecule has 0 spiro atoms. The van der Waals surface area contributed by atoms with Crippen LogP contribution in [0.25, 0.3) is 0 Å². The average molecular weight is 375 g/mol. The summed E-state index contributed by atoms with van der Waals surface area (Å²) >= 11 is 0. The summed E-state index contributed by atoms with van der Waals surface area (Å²) < 4.78 is 23.5. The van der Waals surface area contributed by atoms with Crippen molar-refractivity contribution in [1.82, 2.24) is 5.32 Å². The average Bonchev–Trinajstić information content (AvgIpc) is 2.66. The Morgan fingerprint density at radius 1 is 1.07 bits per heavy atom. The summed E-state index contributed by atoms with van der Waals surface area (Å²) in [5.41, 5.74) is 1.73. The van der Waals surface area contributed by atoms with E-state index in [2.05, 4.69) is 5.32 Å². The van der Waals surface area contributed by atoms with Crippen LogP contribution in [0.15, 0.2) is 42.5 Å². The number of methoxy groups -OCH3 is 1. The van der Waals surface area contributed by atoms with Gasteiger partial charge < -0.3 is 19.9 Å². The van der Waals surface area contributed by atoms with Gasteiger partial charge in [0.15, 0.2) is 18.2 Å². The standard InChI is InChI=1S/C20H22FNO5/c1-26-18-8-4-15(12-17(18)21)5-9-19(23)22-11-10-14-2-6-16(7-3-14)27-13-20(24)25/h2-4,6-8,12H,5,9-11,13H2,1H3,(H,22,23)(H,24,25). The van der Waals surface area contributed by atoms with E-state index in [1.807, 2.05) is 12.1 Å². The zero-order valence-corrected chi connectivity index (χ0v) is 15.0. The van der Waals surface area contributed by atoms with E-state index in [0.29, 0.717) is 25.1 Å². The second-order valence-electron chi connectivity index (χ2n) is 5.90. The van der Waals surface area contributed by atoms with Gasteiger partial charge in [0.25, 0.3) is 0 Å². The number of carboxylic acids is 1. The van der Waals surface area contributed by atoms with Crippen molar-refractivity contribution < 1.29 is 28.6 Å². The number of carbonyl (C=O) groups excluding carboxylic acids is 1. The fraction of sp³-hybridized carbons (Fsp3) is 0.300. The molecule has 1 amide bonds. The highest BCUT2D eigenvalue weighted by molar-refractivity contribution is 5.76. The molecule has 6 nitrogen and oxygen atoms in total. The van der Waals surface area contributed by atoms with Crippen LogP contribution in [0.3, 0.4) is 0 Å². The number of halogens is 1. The highest BCUT2D eigenvalue weighted by atomic mass is 19.1. The first-order chi connectivity index (χ1) is 13.0. The summed E-state index contributed by atoms with van der Waals surface area (Å²) in [7, 11) is 1.40. The van der Waals surface area contributed by atoms with Crippen molar-refractivity contribution in [3.05, 3.63) is 59.4 Å². The first kappa shape index (κ1) is 20.2. The number of hydrogen-bond donors (Lipinski definition) is 2. The minimum absolute atomic E-state index is 0.104. The Hall–Kier alpha value is -3.09. The van der Waals surface area contributed by atoms with Crippen molar-refractivity contribution in [3.63, 3.8) is 0 Å². The van der Waals surface area contributed by atoms with Gasteiger partial charge in [-0.1, -0.05) is 18.2 Å². The number of amides is 1. The summed E-state index contributed by atoms with van der Waals surface area (Å²) in [6.07, 6.45) is 1.36. The lowest BCUT2D eigenvalue weighted by Gasteiger charge is -2.08. The van der Waals surface area contributed by atoms with E-state index in [1.165, 1.54) is 13.2 Å². The third-order valence-corrected chi connectivity index (χ3v) is 3.88. The summed E-state index contributed by atoms with van der Waals surface area (Å²) in [6, 6.07) is 11.7. The Bertz CT molecular complexity index is 776. The van der Waals surface area contributed by atoms with Crippen molar-refractivity contribution in [2.45, 2.75) is 19.3 Å². The molecule has 0 aromatic heterocycles. The van der Waals surface area contributed by atoms with Crippen LogP contribution < -0.4 is 14.8 Å². The molecule has 144 valence electrons. The monoisotopic (exact) mass is 375 g/mol. The minimum Gasteiger partial charge on any atom is -0.494 e. The fourth-order valence-electron chi connectivity index (χ4n) is 2.46. The van der Waals surface area contributed by atoms with Gasteiger partial charge in [0, 0.05) is 13.0 Å². The van der Waals surface area contributed by atoms with Gasteiger partial charge in [0.2, 0.25) is 5.91 Å². The second-order valence-corrected chi connectivity index (χ2v) is 5.90. The normalized spacial score (nSPS) is 10.3. The molecule has 0 unspecified atom stereocenters. The van der Waals surface area contributed by atoms with Gasteiger partial charge in [-0.2, -0.15) is 0 Å². The number of hydrogen-bond acceptors (Lipinski definition) is 4. The maximum atomic E-state index is 13.6. The molecule has 2 aromatic rings. The lowest BCUT2D eigenvalue weighted by Crippen LogP contribution is -2.25. The Morgan fingerprint density at radius 3 is 2.41 bits per heavy atom. The maximum Gasteiger partial charge on any atom is 0.341 e. The number of carboxylic acid groups (broad SMARTS) is 1. The molecule has 0 fully saturated rings. The van der Waals surface area contributed by atoms with Gasteiger partial charge in [-0.05, 0) is 48.2 Å². The zero-order chi connectivity index (χ0) is 19.6. The van der Waals surface area contributed by atoms with E-state index in [4.69, 9.17) is 14.6 Å². The van der Waals surface area contributed by atoms with Crippen LogP contribution in [0, 0.1) is 5.82 Å². The van der Waals surface area contributed by atoms with Crippen LogP contribution in [0.5, 0.6) is 11.5 Å². The Morgan fingerprint density at radius 2 is 1.78 bits per heavy atom. The number of benzene rings is 2. The maximum absolute atomic E-state index is 13.6. The van der Waals surface area contributed by atoms with Crippen molar-refractivity contribution in [1.29, 1.82) is 0 Å². The van der Waals surface area contributed by atoms with Gasteiger partial charge in [-0.15, -0.1) is 0 Å². The van der Waals surface area contributed by atoms with Crippen LogP contribution in [-0.4, -0.2) is 37.2 Å². The Labute approximate surface area is 156 Å². The quantitative estimate of drug-likeness (QED) is 0.667. The fourth-order valence-corrected chi connectivity index (χ4v) is 2.46. The van der Waals surface area contributed by atoms with Gasteiger partial charge in [0.05, 0.1) is 7.11 Å². The highest BCUT2D eigenvalue weighted by Crippen LogP contribution is 2.18. The largest absolute Gasteiger partial charge is 0.494 e. The molecule has 0 saturated carbocycles. The SMILES string of the molecule is COc1ccc(CCC(=O)NCCc2ccc(OCC(=O)O)cc2)cc1F. The predicted molar refractivity (Wildman–Crippen MR) is 97.6 cm³/mol. The molecule has 2 N–H and O–H groups in total. The third-order valence-electron chi connectivity index (χ3n) is 3.88. The number of aliphatic carboxylic acids is 1. The van der Waals surface area contributed by atoms with Gasteiger partial charge >= 0.3 is 5.97 Å². The van der Waals surface area contributed by atoms with E-state index < -0.39 is 11.8 Å². The molecule has 0 heterocycles. The number of aryl methyl sites for hydroxylation is 1. The third kappa shape index (κ3) is 6.97. The molecule has 0 aliphatic carbocycles. The van der Waals surface area contributed by atoms with E-state index in [-0.39, 0.29) is 24.7 Å². The summed E-state index contributed by atoms with van der Waals surface area (Å²) in [5.74, 6) is -0.905. The molecule has 2 aromatic carbocycles. The topological polar surface area (TPSA) is 84.9 Å². The Balaban J connectivity index is 1.69. The molecule has 0 radical (unpaired) electrons. The second kappa shape index (κ2) is 10.2. The van der Waals surface area contributed by atoms with Crippen LogP contribution in [0.1, 0.15) is 17.5 Å². The zero-order valence-electron chi connectivity index (χ0n) is 15.0. The van der Waals surface area contributed by atoms with E-state index in [0.717, 1.165) is 11.1 Å². The van der Waals surface area contributed by atoms with Crippen LogP contribution in [0.4, 0.5) is 4.39 Å². The smallest absolute Gasteiger partial charge is 0.341 e. The minimum atomic E-state index is -1.03. The Kier molecular flexibility index (Phi) is 7.61. The molecule has 0 aliphatic rings. The highest BCUT2D eigenvalue weighted by Gasteiger charge is 2.06. The molecule has 0 aliphatic heterocycles. The molecular weight excluding hydrogens is 353 g/mol. The van der Waals surface area contributed by atoms with Crippen molar-refractivity contribution in [2.24, 2.45) is 0 Å². The van der Waals surface area contributed by atoms with Gasteiger partial charge in [-0.3, -0.25) is 4.79 Å². The van der Waals surface area contributed by atoms with Gasteiger partial charge in [-0.25, -0.2) is 9.18 Å². The van der Waals surface area contributed by atoms with Crippen molar-refractivity contribution in [2.75, 3.05) is 20.3 Å². The number of rotatable bonds is 10. The van der Waals surface area contributed by atoms with Crippen LogP contribution in [-0.2, 0) is 22.4 Å². The molecule has 0 atom stereocenters.